The Labute approximate surface area is 204 Å². The third-order valence-electron chi connectivity index (χ3n) is 7.75. The second-order valence-electron chi connectivity index (χ2n) is 10.1. The SMILES string of the molecule is CC1=CC(c2ccc(NC(=O)C(C)C3[C@H]4CC(Oc5ccnc6ccc(F)cc56)C[C@@H]34)cc2)=NC1. The molecule has 0 saturated heterocycles. The summed E-state index contributed by atoms with van der Waals surface area (Å²) in [6, 6.07) is 14.3. The maximum absolute atomic E-state index is 13.7. The van der Waals surface area contributed by atoms with Crippen molar-refractivity contribution in [2.45, 2.75) is 32.8 Å². The zero-order valence-electron chi connectivity index (χ0n) is 19.9. The molecule has 0 bridgehead atoms. The Kier molecular flexibility index (Phi) is 5.39. The van der Waals surface area contributed by atoms with Gasteiger partial charge in [0.2, 0.25) is 5.91 Å². The van der Waals surface area contributed by atoms with Crippen LogP contribution in [-0.4, -0.2) is 29.3 Å². The molecule has 2 heterocycles. The minimum atomic E-state index is -0.293. The lowest BCUT2D eigenvalue weighted by Crippen LogP contribution is -2.25. The van der Waals surface area contributed by atoms with Crippen molar-refractivity contribution in [2.75, 3.05) is 11.9 Å². The van der Waals surface area contributed by atoms with Gasteiger partial charge < -0.3 is 10.1 Å². The van der Waals surface area contributed by atoms with Crippen LogP contribution in [0.15, 0.2) is 71.4 Å². The fourth-order valence-corrected chi connectivity index (χ4v) is 5.92. The van der Waals surface area contributed by atoms with Gasteiger partial charge >= 0.3 is 0 Å². The second-order valence-corrected chi connectivity index (χ2v) is 10.1. The average Bonchev–Trinajstić information content (AvgIpc) is 3.15. The molecule has 178 valence electrons. The number of allylic oxidation sites excluding steroid dienone is 1. The third-order valence-corrected chi connectivity index (χ3v) is 7.75. The minimum absolute atomic E-state index is 0.0498. The van der Waals surface area contributed by atoms with Crippen LogP contribution < -0.4 is 10.1 Å². The van der Waals surface area contributed by atoms with Gasteiger partial charge in [-0.15, -0.1) is 0 Å². The molecule has 6 rings (SSSR count). The Hall–Kier alpha value is -3.54. The molecule has 1 amide bonds. The summed E-state index contributed by atoms with van der Waals surface area (Å²) in [7, 11) is 0. The van der Waals surface area contributed by atoms with Gasteiger partial charge in [-0.1, -0.05) is 19.1 Å². The van der Waals surface area contributed by atoms with Crippen molar-refractivity contribution < 1.29 is 13.9 Å². The number of rotatable bonds is 6. The minimum Gasteiger partial charge on any atom is -0.490 e. The highest BCUT2D eigenvalue weighted by Crippen LogP contribution is 2.61. The number of carbonyl (C=O) groups is 1. The molecule has 3 unspecified atom stereocenters. The Balaban J connectivity index is 1.04. The molecule has 3 aromatic rings. The van der Waals surface area contributed by atoms with E-state index >= 15 is 0 Å². The summed E-state index contributed by atoms with van der Waals surface area (Å²) in [4.78, 5) is 21.8. The first-order valence-corrected chi connectivity index (χ1v) is 12.3. The lowest BCUT2D eigenvalue weighted by atomic mass is 9.97. The van der Waals surface area contributed by atoms with Gasteiger partial charge in [0.1, 0.15) is 11.6 Å². The van der Waals surface area contributed by atoms with Crippen molar-refractivity contribution in [1.29, 1.82) is 0 Å². The van der Waals surface area contributed by atoms with Crippen molar-refractivity contribution in [3.05, 3.63) is 77.8 Å². The summed E-state index contributed by atoms with van der Waals surface area (Å²) in [5.41, 5.74) is 4.87. The first-order chi connectivity index (χ1) is 17.0. The summed E-state index contributed by atoms with van der Waals surface area (Å²) in [6.45, 7) is 4.87. The largest absolute Gasteiger partial charge is 0.490 e. The molecule has 1 aliphatic heterocycles. The van der Waals surface area contributed by atoms with E-state index in [9.17, 15) is 9.18 Å². The van der Waals surface area contributed by atoms with Crippen molar-refractivity contribution in [2.24, 2.45) is 28.7 Å². The summed E-state index contributed by atoms with van der Waals surface area (Å²) < 4.78 is 20.0. The predicted octanol–water partition coefficient (Wildman–Crippen LogP) is 5.80. The molecule has 6 heteroatoms. The van der Waals surface area contributed by atoms with E-state index in [2.05, 4.69) is 28.3 Å². The van der Waals surface area contributed by atoms with E-state index in [0.717, 1.165) is 41.9 Å². The smallest absolute Gasteiger partial charge is 0.227 e. The predicted molar refractivity (Wildman–Crippen MR) is 135 cm³/mol. The molecule has 2 aromatic carbocycles. The average molecular weight is 470 g/mol. The summed E-state index contributed by atoms with van der Waals surface area (Å²) in [5.74, 6) is 1.80. The van der Waals surface area contributed by atoms with Gasteiger partial charge in [0.15, 0.2) is 0 Å². The van der Waals surface area contributed by atoms with E-state index in [-0.39, 0.29) is 23.7 Å². The molecule has 5 nitrogen and oxygen atoms in total. The number of nitrogens with one attached hydrogen (secondary N) is 1. The number of amides is 1. The Morgan fingerprint density at radius 2 is 1.89 bits per heavy atom. The lowest BCUT2D eigenvalue weighted by Gasteiger charge is -2.20. The molecule has 2 fully saturated rings. The molecular weight excluding hydrogens is 441 g/mol. The number of pyridine rings is 1. The van der Waals surface area contributed by atoms with Gasteiger partial charge in [0.25, 0.3) is 0 Å². The third kappa shape index (κ3) is 4.22. The Bertz CT molecular complexity index is 1350. The number of benzene rings is 2. The normalized spacial score (nSPS) is 25.6. The molecule has 1 N–H and O–H groups in total. The van der Waals surface area contributed by atoms with E-state index in [1.165, 1.54) is 17.7 Å². The number of hydrogen-bond donors (Lipinski definition) is 1. The van der Waals surface area contributed by atoms with Crippen molar-refractivity contribution in [1.82, 2.24) is 4.98 Å². The lowest BCUT2D eigenvalue weighted by molar-refractivity contribution is -0.120. The number of halogens is 1. The maximum atomic E-state index is 13.7. The molecule has 5 atom stereocenters. The van der Waals surface area contributed by atoms with E-state index in [4.69, 9.17) is 4.74 Å². The van der Waals surface area contributed by atoms with Crippen molar-refractivity contribution in [3.63, 3.8) is 0 Å². The first kappa shape index (κ1) is 22.0. The summed E-state index contributed by atoms with van der Waals surface area (Å²) in [5, 5.41) is 3.79. The zero-order chi connectivity index (χ0) is 24.1. The Morgan fingerprint density at radius 3 is 2.60 bits per heavy atom. The number of aromatic nitrogens is 1. The molecule has 1 aromatic heterocycles. The number of fused-ring (bicyclic) bond motifs is 2. The number of carbonyl (C=O) groups excluding carboxylic acids is 1. The Morgan fingerprint density at radius 1 is 1.11 bits per heavy atom. The van der Waals surface area contributed by atoms with E-state index in [0.29, 0.717) is 28.9 Å². The summed E-state index contributed by atoms with van der Waals surface area (Å²) >= 11 is 0. The van der Waals surface area contributed by atoms with Gasteiger partial charge in [0, 0.05) is 23.2 Å². The van der Waals surface area contributed by atoms with Crippen LogP contribution in [0.25, 0.3) is 10.9 Å². The fourth-order valence-electron chi connectivity index (χ4n) is 5.92. The van der Waals surface area contributed by atoms with E-state index < -0.39 is 0 Å². The molecule has 35 heavy (non-hydrogen) atoms. The van der Waals surface area contributed by atoms with Crippen molar-refractivity contribution >= 4 is 28.2 Å². The van der Waals surface area contributed by atoms with E-state index in [1.807, 2.05) is 31.2 Å². The van der Waals surface area contributed by atoms with Crippen LogP contribution in [0.3, 0.4) is 0 Å². The molecule has 3 aliphatic rings. The zero-order valence-corrected chi connectivity index (χ0v) is 19.9. The van der Waals surface area contributed by atoms with E-state index in [1.54, 1.807) is 18.3 Å². The molecular formula is C29H28FN3O2. The van der Waals surface area contributed by atoms with Gasteiger partial charge in [0.05, 0.1) is 23.9 Å². The van der Waals surface area contributed by atoms with Crippen LogP contribution in [0, 0.1) is 29.5 Å². The maximum Gasteiger partial charge on any atom is 0.227 e. The van der Waals surface area contributed by atoms with Crippen LogP contribution in [-0.2, 0) is 4.79 Å². The second kappa shape index (κ2) is 8.59. The first-order valence-electron chi connectivity index (χ1n) is 12.3. The number of ether oxygens (including phenoxy) is 1. The van der Waals surface area contributed by atoms with Crippen LogP contribution in [0.1, 0.15) is 32.3 Å². The van der Waals surface area contributed by atoms with Crippen molar-refractivity contribution in [3.8, 4) is 5.75 Å². The highest BCUT2D eigenvalue weighted by Gasteiger charge is 2.59. The molecule has 0 radical (unpaired) electrons. The number of nitrogens with zero attached hydrogens (tertiary/aromatic N) is 2. The fraction of sp³-hybridized carbons (Fsp3) is 0.345. The topological polar surface area (TPSA) is 63.6 Å². The molecule has 2 saturated carbocycles. The van der Waals surface area contributed by atoms with Crippen LogP contribution >= 0.6 is 0 Å². The standard InChI is InChI=1S/C29H28FN3O2/c1-16-11-26(32-15-16)18-3-6-20(7-4-18)33-29(34)17(2)28-22-13-21(14-23(22)28)35-27-9-10-31-25-8-5-19(30)12-24(25)27/h3-12,17,21-23,28H,13-15H2,1-2H3,(H,33,34)/t17?,21?,22-,23+,28?. The quantitative estimate of drug-likeness (QED) is 0.496. The number of anilines is 1. The van der Waals surface area contributed by atoms with Gasteiger partial charge in [-0.25, -0.2) is 4.39 Å². The summed E-state index contributed by atoms with van der Waals surface area (Å²) in [6.07, 6.45) is 5.75. The highest BCUT2D eigenvalue weighted by atomic mass is 19.1. The van der Waals surface area contributed by atoms with Gasteiger partial charge in [-0.05, 0) is 91.1 Å². The van der Waals surface area contributed by atoms with Gasteiger partial charge in [-0.2, -0.15) is 0 Å². The molecule has 2 aliphatic carbocycles. The van der Waals surface area contributed by atoms with Crippen LogP contribution in [0.4, 0.5) is 10.1 Å². The molecule has 0 spiro atoms. The van der Waals surface area contributed by atoms with Crippen LogP contribution in [0.5, 0.6) is 5.75 Å². The van der Waals surface area contributed by atoms with Gasteiger partial charge in [-0.3, -0.25) is 14.8 Å². The monoisotopic (exact) mass is 469 g/mol. The number of hydrogen-bond acceptors (Lipinski definition) is 4. The van der Waals surface area contributed by atoms with Crippen LogP contribution in [0.2, 0.25) is 0 Å². The number of aliphatic imine (C=N–C) groups is 1. The highest BCUT2D eigenvalue weighted by molar-refractivity contribution is 6.10.